The zero-order chi connectivity index (χ0) is 10.3. The highest BCUT2D eigenvalue weighted by Crippen LogP contribution is 2.62. The second-order valence-electron chi connectivity index (χ2n) is 5.03. The first kappa shape index (κ1) is 9.34. The highest BCUT2D eigenvalue weighted by molar-refractivity contribution is 5.32. The van der Waals surface area contributed by atoms with Gasteiger partial charge in [-0.25, -0.2) is 0 Å². The number of rotatable bonds is 2. The van der Waals surface area contributed by atoms with Crippen LogP contribution in [0.25, 0.3) is 0 Å². The molecule has 0 saturated heterocycles. The molecule has 1 saturated carbocycles. The number of nitrogens with two attached hydrogens (primary N) is 1. The summed E-state index contributed by atoms with van der Waals surface area (Å²) in [6.45, 7) is 0.806. The Bertz CT molecular complexity index is 369. The minimum absolute atomic E-state index is 0.620. The van der Waals surface area contributed by atoms with E-state index >= 15 is 0 Å². The zero-order valence-electron chi connectivity index (χ0n) is 9.08. The summed E-state index contributed by atoms with van der Waals surface area (Å²) in [6, 6.07) is 4.34. The van der Waals surface area contributed by atoms with Crippen molar-refractivity contribution in [3.8, 4) is 0 Å². The number of aromatic nitrogens is 1. The van der Waals surface area contributed by atoms with Gasteiger partial charge >= 0.3 is 0 Å². The van der Waals surface area contributed by atoms with Gasteiger partial charge in [0.2, 0.25) is 0 Å². The van der Waals surface area contributed by atoms with Gasteiger partial charge in [0.1, 0.15) is 0 Å². The number of hydrogen-bond donors (Lipinski definition) is 1. The summed E-state index contributed by atoms with van der Waals surface area (Å²) in [5.74, 6) is 0.694. The van der Waals surface area contributed by atoms with Gasteiger partial charge < -0.3 is 5.73 Å². The number of nitrogens with zero attached hydrogens (tertiary/aromatic N) is 1. The summed E-state index contributed by atoms with van der Waals surface area (Å²) in [7, 11) is 0. The first-order valence-electron chi connectivity index (χ1n) is 6.00. The molecule has 0 bridgehead atoms. The molecule has 0 aliphatic heterocycles. The van der Waals surface area contributed by atoms with Crippen LogP contribution in [-0.4, -0.2) is 11.5 Å². The molecule has 0 amide bonds. The predicted molar refractivity (Wildman–Crippen MR) is 60.6 cm³/mol. The van der Waals surface area contributed by atoms with Gasteiger partial charge in [0.15, 0.2) is 0 Å². The lowest BCUT2D eigenvalue weighted by Crippen LogP contribution is -2.25. The van der Waals surface area contributed by atoms with Gasteiger partial charge in [-0.15, -0.1) is 0 Å². The van der Waals surface area contributed by atoms with E-state index in [-0.39, 0.29) is 0 Å². The van der Waals surface area contributed by atoms with Gasteiger partial charge in [-0.1, -0.05) is 6.07 Å². The maximum atomic E-state index is 5.74. The van der Waals surface area contributed by atoms with E-state index in [0.717, 1.165) is 13.0 Å². The molecule has 2 aliphatic carbocycles. The summed E-state index contributed by atoms with van der Waals surface area (Å²) < 4.78 is 0. The zero-order valence-corrected chi connectivity index (χ0v) is 9.08. The van der Waals surface area contributed by atoms with Crippen molar-refractivity contribution in [3.63, 3.8) is 0 Å². The Kier molecular flexibility index (Phi) is 2.06. The van der Waals surface area contributed by atoms with Crippen molar-refractivity contribution in [2.45, 2.75) is 38.0 Å². The second-order valence-corrected chi connectivity index (χ2v) is 5.03. The van der Waals surface area contributed by atoms with Crippen LogP contribution in [0.2, 0.25) is 0 Å². The van der Waals surface area contributed by atoms with Crippen LogP contribution < -0.4 is 5.73 Å². The third kappa shape index (κ3) is 1.39. The van der Waals surface area contributed by atoms with E-state index in [9.17, 15) is 0 Å². The van der Waals surface area contributed by atoms with Gasteiger partial charge in [0, 0.05) is 11.9 Å². The summed E-state index contributed by atoms with van der Waals surface area (Å²) in [4.78, 5) is 4.50. The largest absolute Gasteiger partial charge is 0.330 e. The molecule has 1 atom stereocenters. The van der Waals surface area contributed by atoms with Crippen molar-refractivity contribution in [2.75, 3.05) is 6.54 Å². The van der Waals surface area contributed by atoms with E-state index in [4.69, 9.17) is 5.73 Å². The molecule has 1 fully saturated rings. The Morgan fingerprint density at radius 1 is 1.40 bits per heavy atom. The fourth-order valence-corrected chi connectivity index (χ4v) is 3.24. The molecule has 1 aromatic heterocycles. The molecular weight excluding hydrogens is 184 g/mol. The van der Waals surface area contributed by atoms with Gasteiger partial charge in [0.05, 0.1) is 0 Å². The molecule has 1 heterocycles. The van der Waals surface area contributed by atoms with Gasteiger partial charge in [-0.2, -0.15) is 0 Å². The van der Waals surface area contributed by atoms with Gasteiger partial charge in [0.25, 0.3) is 0 Å². The molecule has 2 aliphatic rings. The normalized spacial score (nSPS) is 26.3. The Hall–Kier alpha value is -0.890. The molecule has 0 radical (unpaired) electrons. The maximum absolute atomic E-state index is 5.74. The van der Waals surface area contributed by atoms with Crippen LogP contribution >= 0.6 is 0 Å². The standard InChI is InChI=1S/C13H18N2/c14-8-4-11-10-2-1-9-15-12(10)3-5-13(11)6-7-13/h1-2,9,11H,3-8,14H2. The lowest BCUT2D eigenvalue weighted by atomic mass is 9.72. The van der Waals surface area contributed by atoms with Crippen LogP contribution in [-0.2, 0) is 6.42 Å². The van der Waals surface area contributed by atoms with Crippen LogP contribution in [0.3, 0.4) is 0 Å². The quantitative estimate of drug-likeness (QED) is 0.798. The second kappa shape index (κ2) is 3.31. The number of pyridine rings is 1. The van der Waals surface area contributed by atoms with Crippen molar-refractivity contribution in [1.29, 1.82) is 0 Å². The lowest BCUT2D eigenvalue weighted by Gasteiger charge is -2.33. The van der Waals surface area contributed by atoms with E-state index in [0.29, 0.717) is 11.3 Å². The molecule has 80 valence electrons. The summed E-state index contributed by atoms with van der Waals surface area (Å²) in [5, 5.41) is 0. The van der Waals surface area contributed by atoms with Crippen molar-refractivity contribution in [3.05, 3.63) is 29.6 Å². The van der Waals surface area contributed by atoms with Gasteiger partial charge in [-0.05, 0) is 61.6 Å². The van der Waals surface area contributed by atoms with Crippen LogP contribution in [0.5, 0.6) is 0 Å². The van der Waals surface area contributed by atoms with Crippen molar-refractivity contribution in [2.24, 2.45) is 11.1 Å². The Labute approximate surface area is 90.9 Å². The summed E-state index contributed by atoms with van der Waals surface area (Å²) in [5.41, 5.74) is 9.19. The molecule has 3 rings (SSSR count). The monoisotopic (exact) mass is 202 g/mol. The minimum Gasteiger partial charge on any atom is -0.330 e. The van der Waals surface area contributed by atoms with Crippen LogP contribution in [0, 0.1) is 5.41 Å². The van der Waals surface area contributed by atoms with E-state index < -0.39 is 0 Å². The lowest BCUT2D eigenvalue weighted by molar-refractivity contribution is 0.330. The minimum atomic E-state index is 0.620. The van der Waals surface area contributed by atoms with Crippen LogP contribution in [0.15, 0.2) is 18.3 Å². The maximum Gasteiger partial charge on any atom is 0.0438 e. The molecule has 15 heavy (non-hydrogen) atoms. The SMILES string of the molecule is NCCC1c2cccnc2CCC12CC2. The van der Waals surface area contributed by atoms with E-state index in [2.05, 4.69) is 17.1 Å². The Balaban J connectivity index is 2.00. The average Bonchev–Trinajstić information content (AvgIpc) is 3.04. The first-order chi connectivity index (χ1) is 7.36. The predicted octanol–water partition coefficient (Wildman–Crippen LogP) is 2.24. The fourth-order valence-electron chi connectivity index (χ4n) is 3.24. The summed E-state index contributed by atoms with van der Waals surface area (Å²) in [6.07, 6.45) is 8.39. The molecule has 2 nitrogen and oxygen atoms in total. The number of fused-ring (bicyclic) bond motifs is 1. The Morgan fingerprint density at radius 3 is 3.00 bits per heavy atom. The first-order valence-corrected chi connectivity index (χ1v) is 6.00. The third-order valence-corrected chi connectivity index (χ3v) is 4.25. The van der Waals surface area contributed by atoms with Crippen molar-refractivity contribution in [1.82, 2.24) is 4.98 Å². The fraction of sp³-hybridized carbons (Fsp3) is 0.615. The van der Waals surface area contributed by atoms with Crippen LogP contribution in [0.1, 0.15) is 42.9 Å². The van der Waals surface area contributed by atoms with Crippen molar-refractivity contribution < 1.29 is 0 Å². The molecular formula is C13H18N2. The molecule has 1 spiro atoms. The molecule has 1 aromatic rings. The molecule has 2 heteroatoms. The molecule has 1 unspecified atom stereocenters. The highest BCUT2D eigenvalue weighted by Gasteiger charge is 2.51. The smallest absolute Gasteiger partial charge is 0.0438 e. The third-order valence-electron chi connectivity index (χ3n) is 4.25. The average molecular weight is 202 g/mol. The van der Waals surface area contributed by atoms with E-state index in [1.54, 1.807) is 0 Å². The Morgan fingerprint density at radius 2 is 2.27 bits per heavy atom. The summed E-state index contributed by atoms with van der Waals surface area (Å²) >= 11 is 0. The van der Waals surface area contributed by atoms with Crippen molar-refractivity contribution >= 4 is 0 Å². The number of hydrogen-bond acceptors (Lipinski definition) is 2. The molecule has 0 aromatic carbocycles. The molecule has 2 N–H and O–H groups in total. The van der Waals surface area contributed by atoms with E-state index in [1.807, 2.05) is 6.20 Å². The highest BCUT2D eigenvalue weighted by atomic mass is 14.7. The van der Waals surface area contributed by atoms with Crippen LogP contribution in [0.4, 0.5) is 0 Å². The number of aryl methyl sites for hydroxylation is 1. The topological polar surface area (TPSA) is 38.9 Å². The van der Waals surface area contributed by atoms with Gasteiger partial charge in [-0.3, -0.25) is 4.98 Å². The van der Waals surface area contributed by atoms with E-state index in [1.165, 1.54) is 36.9 Å².